The Kier molecular flexibility index (Phi) is 5.08. The van der Waals surface area contributed by atoms with Crippen LogP contribution < -0.4 is 0 Å². The molecule has 100 valence electrons. The highest BCUT2D eigenvalue weighted by Gasteiger charge is 2.31. The summed E-state index contributed by atoms with van der Waals surface area (Å²) in [6, 6.07) is 0. The fourth-order valence-electron chi connectivity index (χ4n) is 2.79. The van der Waals surface area contributed by atoms with Gasteiger partial charge in [-0.25, -0.2) is 9.97 Å². The molecule has 1 aromatic heterocycles. The maximum absolute atomic E-state index is 10.5. The van der Waals surface area contributed by atoms with Crippen LogP contribution in [0, 0.1) is 5.92 Å². The Morgan fingerprint density at radius 3 is 2.56 bits per heavy atom. The summed E-state index contributed by atoms with van der Waals surface area (Å²) in [7, 11) is 0. The quantitative estimate of drug-likeness (QED) is 0.872. The molecule has 0 bridgehead atoms. The summed E-state index contributed by atoms with van der Waals surface area (Å²) in [5, 5.41) is 10.5. The van der Waals surface area contributed by atoms with Gasteiger partial charge in [-0.1, -0.05) is 19.3 Å². The molecule has 4 heteroatoms. The van der Waals surface area contributed by atoms with Gasteiger partial charge in [0.05, 0.1) is 6.10 Å². The van der Waals surface area contributed by atoms with Gasteiger partial charge in [-0.05, 0) is 25.7 Å². The predicted octanol–water partition coefficient (Wildman–Crippen LogP) is 2.50. The maximum atomic E-state index is 10.5. The van der Waals surface area contributed by atoms with Gasteiger partial charge >= 0.3 is 0 Å². The Hall–Kier alpha value is -1.00. The number of hydrogen-bond acceptors (Lipinski definition) is 4. The lowest BCUT2D eigenvalue weighted by molar-refractivity contribution is -0.0741. The van der Waals surface area contributed by atoms with Crippen molar-refractivity contribution in [3.05, 3.63) is 24.3 Å². The van der Waals surface area contributed by atoms with Crippen molar-refractivity contribution in [2.45, 2.75) is 51.2 Å². The number of rotatable bonds is 5. The van der Waals surface area contributed by atoms with E-state index in [4.69, 9.17) is 4.74 Å². The van der Waals surface area contributed by atoms with Gasteiger partial charge in [-0.15, -0.1) is 0 Å². The molecular formula is C14H22N2O2. The Balaban J connectivity index is 2.08. The average molecular weight is 250 g/mol. The smallest absolute Gasteiger partial charge is 0.115 e. The minimum absolute atomic E-state index is 0.124. The van der Waals surface area contributed by atoms with Crippen molar-refractivity contribution in [3.8, 4) is 0 Å². The fraction of sp³-hybridized carbons (Fsp3) is 0.714. The second-order valence-electron chi connectivity index (χ2n) is 4.93. The molecule has 0 aromatic carbocycles. The summed E-state index contributed by atoms with van der Waals surface area (Å²) < 4.78 is 5.79. The first kappa shape index (κ1) is 13.4. The molecule has 0 radical (unpaired) electrons. The first-order valence-electron chi connectivity index (χ1n) is 6.87. The van der Waals surface area contributed by atoms with E-state index in [0.717, 1.165) is 18.4 Å². The first-order chi connectivity index (χ1) is 8.83. The third-order valence-corrected chi connectivity index (χ3v) is 3.71. The predicted molar refractivity (Wildman–Crippen MR) is 69.0 cm³/mol. The Morgan fingerprint density at radius 2 is 1.94 bits per heavy atom. The van der Waals surface area contributed by atoms with E-state index in [9.17, 15) is 5.11 Å². The Labute approximate surface area is 108 Å². The summed E-state index contributed by atoms with van der Waals surface area (Å²) in [5.74, 6) is 0.453. The van der Waals surface area contributed by atoms with Crippen LogP contribution in [0.15, 0.2) is 18.7 Å². The normalized spacial score (nSPS) is 20.6. The van der Waals surface area contributed by atoms with Crippen LogP contribution in [0.25, 0.3) is 0 Å². The zero-order chi connectivity index (χ0) is 12.8. The van der Waals surface area contributed by atoms with Crippen molar-refractivity contribution >= 4 is 0 Å². The maximum Gasteiger partial charge on any atom is 0.115 e. The number of hydrogen-bond donors (Lipinski definition) is 1. The average Bonchev–Trinajstić information content (AvgIpc) is 2.46. The Morgan fingerprint density at radius 1 is 1.28 bits per heavy atom. The highest BCUT2D eigenvalue weighted by molar-refractivity contribution is 5.09. The SMILES string of the molecule is CCOC(C1CCCCC1)C(O)c1cncnc1. The molecule has 0 aliphatic heterocycles. The lowest BCUT2D eigenvalue weighted by Crippen LogP contribution is -2.32. The molecule has 0 amide bonds. The molecule has 1 N–H and O–H groups in total. The summed E-state index contributed by atoms with van der Waals surface area (Å²) >= 11 is 0. The van der Waals surface area contributed by atoms with Crippen molar-refractivity contribution in [1.82, 2.24) is 9.97 Å². The van der Waals surface area contributed by atoms with Crippen LogP contribution in [-0.4, -0.2) is 27.8 Å². The van der Waals surface area contributed by atoms with E-state index in [0.29, 0.717) is 12.5 Å². The van der Waals surface area contributed by atoms with Crippen LogP contribution in [0.5, 0.6) is 0 Å². The second-order valence-corrected chi connectivity index (χ2v) is 4.93. The summed E-state index contributed by atoms with van der Waals surface area (Å²) in [6.07, 6.45) is 10.2. The largest absolute Gasteiger partial charge is 0.386 e. The molecule has 0 spiro atoms. The third kappa shape index (κ3) is 3.27. The van der Waals surface area contributed by atoms with E-state index in [1.165, 1.54) is 25.6 Å². The molecule has 1 heterocycles. The highest BCUT2D eigenvalue weighted by atomic mass is 16.5. The molecule has 1 saturated carbocycles. The van der Waals surface area contributed by atoms with Crippen molar-refractivity contribution in [1.29, 1.82) is 0 Å². The molecular weight excluding hydrogens is 228 g/mol. The molecule has 1 aliphatic carbocycles. The highest BCUT2D eigenvalue weighted by Crippen LogP contribution is 2.33. The second kappa shape index (κ2) is 6.81. The molecule has 2 atom stereocenters. The molecule has 2 rings (SSSR count). The van der Waals surface area contributed by atoms with Gasteiger partial charge in [0.25, 0.3) is 0 Å². The summed E-state index contributed by atoms with van der Waals surface area (Å²) in [6.45, 7) is 2.61. The van der Waals surface area contributed by atoms with Crippen LogP contribution in [0.3, 0.4) is 0 Å². The number of ether oxygens (including phenoxy) is 1. The van der Waals surface area contributed by atoms with Crippen LogP contribution in [0.2, 0.25) is 0 Å². The van der Waals surface area contributed by atoms with Crippen molar-refractivity contribution in [2.75, 3.05) is 6.61 Å². The van der Waals surface area contributed by atoms with Crippen LogP contribution in [0.4, 0.5) is 0 Å². The lowest BCUT2D eigenvalue weighted by atomic mass is 9.82. The van der Waals surface area contributed by atoms with Crippen LogP contribution in [0.1, 0.15) is 50.7 Å². The number of aliphatic hydroxyl groups is 1. The zero-order valence-corrected chi connectivity index (χ0v) is 11.0. The fourth-order valence-corrected chi connectivity index (χ4v) is 2.79. The molecule has 1 fully saturated rings. The van der Waals surface area contributed by atoms with E-state index >= 15 is 0 Å². The van der Waals surface area contributed by atoms with Gasteiger partial charge in [0.2, 0.25) is 0 Å². The monoisotopic (exact) mass is 250 g/mol. The minimum atomic E-state index is -0.616. The summed E-state index contributed by atoms with van der Waals surface area (Å²) in [5.41, 5.74) is 0.751. The lowest BCUT2D eigenvalue weighted by Gasteiger charge is -2.33. The van der Waals surface area contributed by atoms with Gasteiger partial charge in [-0.3, -0.25) is 0 Å². The molecule has 4 nitrogen and oxygen atoms in total. The van der Waals surface area contributed by atoms with Gasteiger partial charge in [0.1, 0.15) is 12.4 Å². The molecule has 1 aromatic rings. The van der Waals surface area contributed by atoms with E-state index in [-0.39, 0.29) is 6.10 Å². The van der Waals surface area contributed by atoms with Crippen molar-refractivity contribution < 1.29 is 9.84 Å². The third-order valence-electron chi connectivity index (χ3n) is 3.71. The van der Waals surface area contributed by atoms with E-state index in [1.54, 1.807) is 12.4 Å². The minimum Gasteiger partial charge on any atom is -0.386 e. The molecule has 18 heavy (non-hydrogen) atoms. The van der Waals surface area contributed by atoms with Gasteiger partial charge in [0.15, 0.2) is 0 Å². The van der Waals surface area contributed by atoms with Crippen LogP contribution >= 0.6 is 0 Å². The number of aliphatic hydroxyl groups excluding tert-OH is 1. The number of aromatic nitrogens is 2. The molecule has 0 saturated heterocycles. The van der Waals surface area contributed by atoms with Crippen molar-refractivity contribution in [3.63, 3.8) is 0 Å². The first-order valence-corrected chi connectivity index (χ1v) is 6.87. The van der Waals surface area contributed by atoms with E-state index in [1.807, 2.05) is 6.92 Å². The van der Waals surface area contributed by atoms with Gasteiger partial charge < -0.3 is 9.84 Å². The van der Waals surface area contributed by atoms with Gasteiger partial charge in [-0.2, -0.15) is 0 Å². The Bertz CT molecular complexity index is 339. The standard InChI is InChI=1S/C14H22N2O2/c1-2-18-14(11-6-4-3-5-7-11)13(17)12-8-15-10-16-9-12/h8-11,13-14,17H,2-7H2,1H3. The number of nitrogens with zero attached hydrogens (tertiary/aromatic N) is 2. The molecule has 1 aliphatic rings. The summed E-state index contributed by atoms with van der Waals surface area (Å²) in [4.78, 5) is 7.93. The van der Waals surface area contributed by atoms with Gasteiger partial charge in [0, 0.05) is 24.6 Å². The molecule has 2 unspecified atom stereocenters. The topological polar surface area (TPSA) is 55.2 Å². The van der Waals surface area contributed by atoms with Crippen molar-refractivity contribution in [2.24, 2.45) is 5.92 Å². The zero-order valence-electron chi connectivity index (χ0n) is 11.0. The van der Waals surface area contributed by atoms with E-state index in [2.05, 4.69) is 9.97 Å². The van der Waals surface area contributed by atoms with Crippen LogP contribution in [-0.2, 0) is 4.74 Å². The van der Waals surface area contributed by atoms with E-state index < -0.39 is 6.10 Å².